The molecule has 1 aromatic carbocycles. The van der Waals surface area contributed by atoms with Crippen molar-refractivity contribution in [3.8, 4) is 0 Å². The van der Waals surface area contributed by atoms with Crippen molar-refractivity contribution in [1.29, 1.82) is 0 Å². The average Bonchev–Trinajstić information content (AvgIpc) is 3.30. The predicted octanol–water partition coefficient (Wildman–Crippen LogP) is 3.52. The summed E-state index contributed by atoms with van der Waals surface area (Å²) in [4.78, 5) is 37.9. The zero-order chi connectivity index (χ0) is 20.3. The Morgan fingerprint density at radius 1 is 1.07 bits per heavy atom. The fourth-order valence-corrected chi connectivity index (χ4v) is 3.75. The number of anilines is 1. The molecule has 0 unspecified atom stereocenters. The normalized spacial score (nSPS) is 10.8. The Morgan fingerprint density at radius 3 is 2.43 bits per heavy atom. The van der Waals surface area contributed by atoms with Crippen molar-refractivity contribution in [2.45, 2.75) is 20.4 Å². The Hall–Kier alpha value is -3.13. The van der Waals surface area contributed by atoms with Crippen molar-refractivity contribution in [3.05, 3.63) is 52.3 Å². The smallest absolute Gasteiger partial charge is 0.345 e. The zero-order valence-electron chi connectivity index (χ0n) is 15.6. The van der Waals surface area contributed by atoms with Crippen LogP contribution in [-0.4, -0.2) is 45.4 Å². The molecule has 8 heteroatoms. The maximum atomic E-state index is 12.3. The fraction of sp³-hybridized carbons (Fsp3) is 0.250. The van der Waals surface area contributed by atoms with E-state index in [1.54, 1.807) is 11.0 Å². The molecule has 146 valence electrons. The number of rotatable bonds is 7. The molecule has 0 aliphatic rings. The maximum Gasteiger partial charge on any atom is 0.345 e. The first-order chi connectivity index (χ1) is 13.4. The summed E-state index contributed by atoms with van der Waals surface area (Å²) in [7, 11) is 0. The Balaban J connectivity index is 1.75. The minimum atomic E-state index is -1.05. The highest BCUT2D eigenvalue weighted by atomic mass is 32.1. The SMILES string of the molecule is CCN(CC)C(=O)Cn1ccc2cc(NC(=O)c3ccc(C(=O)O)s3)ccc21. The number of nitrogens with zero attached hydrogens (tertiary/aromatic N) is 2. The first-order valence-corrected chi connectivity index (χ1v) is 9.75. The molecule has 28 heavy (non-hydrogen) atoms. The van der Waals surface area contributed by atoms with Gasteiger partial charge in [-0.05, 0) is 50.2 Å². The molecule has 0 atom stereocenters. The molecule has 7 nitrogen and oxygen atoms in total. The number of amides is 2. The van der Waals surface area contributed by atoms with Crippen LogP contribution < -0.4 is 5.32 Å². The van der Waals surface area contributed by atoms with Crippen LogP contribution in [0.5, 0.6) is 0 Å². The van der Waals surface area contributed by atoms with E-state index in [1.165, 1.54) is 12.1 Å². The lowest BCUT2D eigenvalue weighted by Crippen LogP contribution is -2.33. The lowest BCUT2D eigenvalue weighted by atomic mass is 10.2. The Labute approximate surface area is 166 Å². The summed E-state index contributed by atoms with van der Waals surface area (Å²) in [5.41, 5.74) is 1.51. The van der Waals surface area contributed by atoms with Crippen molar-refractivity contribution >= 4 is 45.7 Å². The number of aromatic nitrogens is 1. The summed E-state index contributed by atoms with van der Waals surface area (Å²) in [5, 5.41) is 12.7. The van der Waals surface area contributed by atoms with Gasteiger partial charge in [0.15, 0.2) is 0 Å². The van der Waals surface area contributed by atoms with Gasteiger partial charge in [0.2, 0.25) is 5.91 Å². The van der Waals surface area contributed by atoms with E-state index in [-0.39, 0.29) is 23.2 Å². The van der Waals surface area contributed by atoms with E-state index in [0.717, 1.165) is 22.2 Å². The molecule has 2 amide bonds. The number of aromatic carboxylic acids is 1. The van der Waals surface area contributed by atoms with E-state index < -0.39 is 5.97 Å². The predicted molar refractivity (Wildman–Crippen MR) is 109 cm³/mol. The number of carbonyl (C=O) groups excluding carboxylic acids is 2. The number of carbonyl (C=O) groups is 3. The summed E-state index contributed by atoms with van der Waals surface area (Å²) < 4.78 is 1.89. The van der Waals surface area contributed by atoms with Gasteiger partial charge < -0.3 is 19.9 Å². The molecule has 2 heterocycles. The Morgan fingerprint density at radius 2 is 1.79 bits per heavy atom. The molecule has 0 aliphatic carbocycles. The van der Waals surface area contributed by atoms with E-state index in [9.17, 15) is 14.4 Å². The van der Waals surface area contributed by atoms with Gasteiger partial charge in [0.25, 0.3) is 5.91 Å². The molecule has 3 rings (SSSR count). The summed E-state index contributed by atoms with van der Waals surface area (Å²) in [6.45, 7) is 5.53. The molecule has 0 fully saturated rings. The van der Waals surface area contributed by atoms with Crippen LogP contribution in [0.1, 0.15) is 33.2 Å². The zero-order valence-corrected chi connectivity index (χ0v) is 16.5. The summed E-state index contributed by atoms with van der Waals surface area (Å²) in [6, 6.07) is 10.3. The van der Waals surface area contributed by atoms with Crippen LogP contribution >= 0.6 is 11.3 Å². The van der Waals surface area contributed by atoms with Crippen LogP contribution in [0.3, 0.4) is 0 Å². The highest BCUT2D eigenvalue weighted by molar-refractivity contribution is 7.15. The number of benzene rings is 1. The van der Waals surface area contributed by atoms with E-state index in [1.807, 2.05) is 42.8 Å². The molecule has 3 aromatic rings. The summed E-state index contributed by atoms with van der Waals surface area (Å²) in [6.07, 6.45) is 1.86. The highest BCUT2D eigenvalue weighted by Crippen LogP contribution is 2.23. The molecular formula is C20H21N3O4S. The standard InChI is InChI=1S/C20H21N3O4S/c1-3-22(4-2)18(24)12-23-10-9-13-11-14(5-6-15(13)23)21-19(25)16-7-8-17(28-16)20(26)27/h5-11H,3-4,12H2,1-2H3,(H,21,25)(H,26,27). The van der Waals surface area contributed by atoms with Crippen LogP contribution in [0.4, 0.5) is 5.69 Å². The third-order valence-corrected chi connectivity index (χ3v) is 5.56. The summed E-state index contributed by atoms with van der Waals surface area (Å²) >= 11 is 0.932. The number of hydrogen-bond acceptors (Lipinski definition) is 4. The van der Waals surface area contributed by atoms with Crippen molar-refractivity contribution in [2.24, 2.45) is 0 Å². The quantitative estimate of drug-likeness (QED) is 0.636. The minimum Gasteiger partial charge on any atom is -0.477 e. The third-order valence-electron chi connectivity index (χ3n) is 4.49. The molecule has 0 radical (unpaired) electrons. The van der Waals surface area contributed by atoms with Crippen molar-refractivity contribution in [2.75, 3.05) is 18.4 Å². The monoisotopic (exact) mass is 399 g/mol. The number of likely N-dealkylation sites (N-methyl/N-ethyl adjacent to an activating group) is 1. The minimum absolute atomic E-state index is 0.0619. The lowest BCUT2D eigenvalue weighted by Gasteiger charge is -2.19. The second kappa shape index (κ2) is 8.26. The molecule has 0 saturated heterocycles. The van der Waals surface area contributed by atoms with Gasteiger partial charge in [0.1, 0.15) is 11.4 Å². The molecule has 2 N–H and O–H groups in total. The van der Waals surface area contributed by atoms with Crippen LogP contribution in [0, 0.1) is 0 Å². The van der Waals surface area contributed by atoms with Crippen LogP contribution in [-0.2, 0) is 11.3 Å². The summed E-state index contributed by atoms with van der Waals surface area (Å²) in [5.74, 6) is -1.34. The second-order valence-corrected chi connectivity index (χ2v) is 7.29. The van der Waals surface area contributed by atoms with E-state index in [4.69, 9.17) is 5.11 Å². The molecule has 0 bridgehead atoms. The number of carboxylic acid groups (broad SMARTS) is 1. The van der Waals surface area contributed by atoms with Gasteiger partial charge in [0.05, 0.1) is 4.88 Å². The van der Waals surface area contributed by atoms with E-state index in [2.05, 4.69) is 5.32 Å². The van der Waals surface area contributed by atoms with Crippen molar-refractivity contribution < 1.29 is 19.5 Å². The third kappa shape index (κ3) is 4.07. The molecule has 0 spiro atoms. The first kappa shape index (κ1) is 19.6. The van der Waals surface area contributed by atoms with Gasteiger partial charge in [0, 0.05) is 35.9 Å². The average molecular weight is 399 g/mol. The molecule has 0 saturated carbocycles. The number of carboxylic acids is 1. The maximum absolute atomic E-state index is 12.3. The lowest BCUT2D eigenvalue weighted by molar-refractivity contribution is -0.131. The van der Waals surface area contributed by atoms with Gasteiger partial charge in [-0.2, -0.15) is 0 Å². The van der Waals surface area contributed by atoms with Crippen LogP contribution in [0.2, 0.25) is 0 Å². The Bertz CT molecular complexity index is 1030. The largest absolute Gasteiger partial charge is 0.477 e. The van der Waals surface area contributed by atoms with Gasteiger partial charge >= 0.3 is 5.97 Å². The van der Waals surface area contributed by atoms with Crippen LogP contribution in [0.15, 0.2) is 42.6 Å². The van der Waals surface area contributed by atoms with Gasteiger partial charge in [-0.15, -0.1) is 11.3 Å². The van der Waals surface area contributed by atoms with Gasteiger partial charge in [-0.3, -0.25) is 9.59 Å². The number of thiophene rings is 1. The molecule has 2 aromatic heterocycles. The molecule has 0 aliphatic heterocycles. The fourth-order valence-electron chi connectivity index (χ4n) is 3.01. The molecular weight excluding hydrogens is 378 g/mol. The van der Waals surface area contributed by atoms with Gasteiger partial charge in [-0.1, -0.05) is 0 Å². The van der Waals surface area contributed by atoms with Gasteiger partial charge in [-0.25, -0.2) is 4.79 Å². The topological polar surface area (TPSA) is 91.6 Å². The van der Waals surface area contributed by atoms with Crippen molar-refractivity contribution in [3.63, 3.8) is 0 Å². The number of fused-ring (bicyclic) bond motifs is 1. The van der Waals surface area contributed by atoms with E-state index in [0.29, 0.717) is 23.7 Å². The van der Waals surface area contributed by atoms with E-state index >= 15 is 0 Å². The van der Waals surface area contributed by atoms with Crippen molar-refractivity contribution in [1.82, 2.24) is 9.47 Å². The van der Waals surface area contributed by atoms with Crippen LogP contribution in [0.25, 0.3) is 10.9 Å². The first-order valence-electron chi connectivity index (χ1n) is 8.94. The Kier molecular flexibility index (Phi) is 5.79. The highest BCUT2D eigenvalue weighted by Gasteiger charge is 2.14. The number of hydrogen-bond donors (Lipinski definition) is 2. The second-order valence-electron chi connectivity index (χ2n) is 6.21. The number of nitrogens with one attached hydrogen (secondary N) is 1.